The molecular weight excluding hydrogens is 227 g/mol. The molecule has 3 heteroatoms. The maximum absolute atomic E-state index is 13.6. The molecule has 100 valence electrons. The van der Waals surface area contributed by atoms with Gasteiger partial charge in [0.15, 0.2) is 0 Å². The van der Waals surface area contributed by atoms with Crippen molar-refractivity contribution in [2.24, 2.45) is 0 Å². The summed E-state index contributed by atoms with van der Waals surface area (Å²) in [7, 11) is 4.14. The molecular formula is C15H23FN2. The topological polar surface area (TPSA) is 15.3 Å². The van der Waals surface area contributed by atoms with E-state index in [0.717, 1.165) is 5.56 Å². The molecule has 0 heterocycles. The predicted octanol–water partition coefficient (Wildman–Crippen LogP) is 2.79. The van der Waals surface area contributed by atoms with Crippen LogP contribution < -0.4 is 5.32 Å². The zero-order chi connectivity index (χ0) is 13.0. The van der Waals surface area contributed by atoms with E-state index in [4.69, 9.17) is 0 Å². The van der Waals surface area contributed by atoms with E-state index in [-0.39, 0.29) is 5.82 Å². The molecule has 1 aliphatic rings. The second-order valence-corrected chi connectivity index (χ2v) is 5.30. The fourth-order valence-electron chi connectivity index (χ4n) is 2.83. The molecule has 1 aromatic carbocycles. The van der Waals surface area contributed by atoms with Gasteiger partial charge >= 0.3 is 0 Å². The van der Waals surface area contributed by atoms with E-state index in [9.17, 15) is 4.39 Å². The number of nitrogens with zero attached hydrogens (tertiary/aromatic N) is 1. The van der Waals surface area contributed by atoms with E-state index >= 15 is 0 Å². The lowest BCUT2D eigenvalue weighted by Gasteiger charge is -2.34. The van der Waals surface area contributed by atoms with Gasteiger partial charge in [0.25, 0.3) is 0 Å². The molecule has 0 bridgehead atoms. The molecule has 1 aromatic rings. The highest BCUT2D eigenvalue weighted by atomic mass is 19.1. The summed E-state index contributed by atoms with van der Waals surface area (Å²) in [5.41, 5.74) is 0.802. The summed E-state index contributed by atoms with van der Waals surface area (Å²) in [5.74, 6) is -0.0896. The van der Waals surface area contributed by atoms with Gasteiger partial charge in [-0.15, -0.1) is 0 Å². The summed E-state index contributed by atoms with van der Waals surface area (Å²) in [6, 6.07) is 8.34. The molecule has 1 N–H and O–H groups in total. The van der Waals surface area contributed by atoms with Crippen molar-refractivity contribution in [1.82, 2.24) is 10.2 Å². The lowest BCUT2D eigenvalue weighted by Crippen LogP contribution is -2.39. The largest absolute Gasteiger partial charge is 0.317 e. The van der Waals surface area contributed by atoms with Gasteiger partial charge in [0.05, 0.1) is 0 Å². The fraction of sp³-hybridized carbons (Fsp3) is 0.600. The smallest absolute Gasteiger partial charge is 0.127 e. The molecule has 0 saturated heterocycles. The summed E-state index contributed by atoms with van der Waals surface area (Å²) in [5, 5.41) is 3.34. The van der Waals surface area contributed by atoms with Crippen LogP contribution in [0.5, 0.6) is 0 Å². The first kappa shape index (κ1) is 13.5. The average molecular weight is 250 g/mol. The molecule has 0 amide bonds. The van der Waals surface area contributed by atoms with Gasteiger partial charge in [-0.3, -0.25) is 4.90 Å². The Hall–Kier alpha value is -0.930. The van der Waals surface area contributed by atoms with Crippen LogP contribution >= 0.6 is 0 Å². The summed E-state index contributed by atoms with van der Waals surface area (Å²) in [4.78, 5) is 2.30. The number of halogens is 1. The minimum Gasteiger partial charge on any atom is -0.317 e. The van der Waals surface area contributed by atoms with Gasteiger partial charge < -0.3 is 5.32 Å². The van der Waals surface area contributed by atoms with Crippen LogP contribution in [-0.4, -0.2) is 31.1 Å². The quantitative estimate of drug-likeness (QED) is 0.884. The Morgan fingerprint density at radius 3 is 2.50 bits per heavy atom. The Labute approximate surface area is 109 Å². The van der Waals surface area contributed by atoms with Crippen molar-refractivity contribution in [3.05, 3.63) is 35.6 Å². The fourth-order valence-corrected chi connectivity index (χ4v) is 2.83. The van der Waals surface area contributed by atoms with E-state index in [1.54, 1.807) is 12.1 Å². The van der Waals surface area contributed by atoms with Crippen LogP contribution in [0.3, 0.4) is 0 Å². The summed E-state index contributed by atoms with van der Waals surface area (Å²) >= 11 is 0. The van der Waals surface area contributed by atoms with E-state index in [1.165, 1.54) is 25.7 Å². The van der Waals surface area contributed by atoms with Crippen LogP contribution in [0.25, 0.3) is 0 Å². The molecule has 0 atom stereocenters. The molecule has 1 fully saturated rings. The Morgan fingerprint density at radius 2 is 1.89 bits per heavy atom. The molecule has 18 heavy (non-hydrogen) atoms. The van der Waals surface area contributed by atoms with Crippen LogP contribution in [0, 0.1) is 5.82 Å². The molecule has 2 rings (SSSR count). The van der Waals surface area contributed by atoms with Crippen molar-refractivity contribution in [3.8, 4) is 0 Å². The molecule has 0 unspecified atom stereocenters. The highest BCUT2D eigenvalue weighted by Crippen LogP contribution is 2.23. The number of hydrogen-bond donors (Lipinski definition) is 1. The van der Waals surface area contributed by atoms with Crippen molar-refractivity contribution in [2.45, 2.75) is 44.3 Å². The minimum atomic E-state index is -0.0896. The van der Waals surface area contributed by atoms with Crippen LogP contribution in [-0.2, 0) is 6.54 Å². The molecule has 1 saturated carbocycles. The van der Waals surface area contributed by atoms with Crippen LogP contribution in [0.1, 0.15) is 31.2 Å². The number of hydrogen-bond acceptors (Lipinski definition) is 2. The maximum Gasteiger partial charge on any atom is 0.127 e. The van der Waals surface area contributed by atoms with Gasteiger partial charge in [0.1, 0.15) is 5.82 Å². The summed E-state index contributed by atoms with van der Waals surface area (Å²) in [6.45, 7) is 0.710. The Balaban J connectivity index is 1.89. The molecule has 1 aliphatic carbocycles. The molecule has 0 radical (unpaired) electrons. The van der Waals surface area contributed by atoms with Gasteiger partial charge in [0.2, 0.25) is 0 Å². The van der Waals surface area contributed by atoms with Crippen LogP contribution in [0.4, 0.5) is 4.39 Å². The van der Waals surface area contributed by atoms with Crippen molar-refractivity contribution >= 4 is 0 Å². The Morgan fingerprint density at radius 1 is 1.22 bits per heavy atom. The van der Waals surface area contributed by atoms with Crippen LogP contribution in [0.2, 0.25) is 0 Å². The van der Waals surface area contributed by atoms with E-state index in [2.05, 4.69) is 17.3 Å². The number of benzene rings is 1. The SMILES string of the molecule is CNC1CCC(N(C)Cc2ccccc2F)CC1. The lowest BCUT2D eigenvalue weighted by molar-refractivity contribution is 0.168. The maximum atomic E-state index is 13.6. The minimum absolute atomic E-state index is 0.0896. The first-order chi connectivity index (χ1) is 8.70. The standard InChI is InChI=1S/C15H23FN2/c1-17-13-7-9-14(10-8-13)18(2)11-12-5-3-4-6-15(12)16/h3-6,13-14,17H,7-11H2,1-2H3. The second kappa shape index (κ2) is 6.30. The molecule has 0 aliphatic heterocycles. The summed E-state index contributed by atoms with van der Waals surface area (Å²) in [6.07, 6.45) is 4.86. The monoisotopic (exact) mass is 250 g/mol. The normalized spacial score (nSPS) is 24.4. The third-order valence-corrected chi connectivity index (χ3v) is 4.11. The Bertz CT molecular complexity index is 373. The average Bonchev–Trinajstić information content (AvgIpc) is 2.41. The van der Waals surface area contributed by atoms with Gasteiger partial charge in [-0.1, -0.05) is 18.2 Å². The van der Waals surface area contributed by atoms with E-state index in [0.29, 0.717) is 18.6 Å². The van der Waals surface area contributed by atoms with Gasteiger partial charge in [-0.2, -0.15) is 0 Å². The zero-order valence-corrected chi connectivity index (χ0v) is 11.3. The summed E-state index contributed by atoms with van der Waals surface area (Å²) < 4.78 is 13.6. The van der Waals surface area contributed by atoms with Crippen molar-refractivity contribution in [3.63, 3.8) is 0 Å². The third-order valence-electron chi connectivity index (χ3n) is 4.11. The first-order valence-corrected chi connectivity index (χ1v) is 6.81. The van der Waals surface area contributed by atoms with Crippen molar-refractivity contribution in [2.75, 3.05) is 14.1 Å². The number of rotatable bonds is 4. The number of nitrogens with one attached hydrogen (secondary N) is 1. The van der Waals surface area contributed by atoms with Gasteiger partial charge in [0, 0.05) is 24.2 Å². The third kappa shape index (κ3) is 3.30. The van der Waals surface area contributed by atoms with Gasteiger partial charge in [-0.05, 0) is 45.8 Å². The first-order valence-electron chi connectivity index (χ1n) is 6.81. The van der Waals surface area contributed by atoms with E-state index < -0.39 is 0 Å². The lowest BCUT2D eigenvalue weighted by atomic mass is 9.90. The van der Waals surface area contributed by atoms with Gasteiger partial charge in [-0.25, -0.2) is 4.39 Å². The molecule has 2 nitrogen and oxygen atoms in total. The Kier molecular flexibility index (Phi) is 4.72. The second-order valence-electron chi connectivity index (χ2n) is 5.30. The highest BCUT2D eigenvalue weighted by molar-refractivity contribution is 5.17. The predicted molar refractivity (Wildman–Crippen MR) is 73.0 cm³/mol. The van der Waals surface area contributed by atoms with Crippen molar-refractivity contribution < 1.29 is 4.39 Å². The van der Waals surface area contributed by atoms with Crippen LogP contribution in [0.15, 0.2) is 24.3 Å². The zero-order valence-electron chi connectivity index (χ0n) is 11.3. The molecule has 0 spiro atoms. The van der Waals surface area contributed by atoms with Crippen molar-refractivity contribution in [1.29, 1.82) is 0 Å². The van der Waals surface area contributed by atoms with E-state index in [1.807, 2.05) is 19.2 Å². The molecule has 0 aromatic heterocycles. The highest BCUT2D eigenvalue weighted by Gasteiger charge is 2.23.